The molecule has 1 heterocycles. The normalized spacial score (nSPS) is 12.1. The van der Waals surface area contributed by atoms with Crippen LogP contribution in [-0.2, 0) is 18.9 Å². The number of anilines is 2. The van der Waals surface area contributed by atoms with Gasteiger partial charge in [-0.3, -0.25) is 0 Å². The van der Waals surface area contributed by atoms with E-state index in [2.05, 4.69) is 16.5 Å². The maximum Gasteiger partial charge on any atom is 0.427 e. The van der Waals surface area contributed by atoms with Crippen LogP contribution in [0, 0.1) is 0 Å². The first kappa shape index (κ1) is 35.1. The third-order valence-corrected chi connectivity index (χ3v) is 3.88. The van der Waals surface area contributed by atoms with Gasteiger partial charge >= 0.3 is 24.4 Å². The van der Waals surface area contributed by atoms with Crippen LogP contribution in [-0.4, -0.2) is 63.4 Å². The van der Waals surface area contributed by atoms with Gasteiger partial charge in [-0.25, -0.2) is 19.2 Å². The SMILES string of the molecule is C=C(C)COc1cc(N(C(=O)OC(C)(C)C)C(=O)OC(C)(C)C)nc(N(C(=O)OC(C)(C)C)C(=O)OC(C)(C)C)n1. The maximum atomic E-state index is 13.3. The van der Waals surface area contributed by atoms with Crippen molar-refractivity contribution in [2.75, 3.05) is 16.4 Å². The second kappa shape index (κ2) is 12.7. The van der Waals surface area contributed by atoms with Crippen LogP contribution in [0.2, 0.25) is 0 Å². The first-order valence-electron chi connectivity index (χ1n) is 13.0. The Morgan fingerprint density at radius 3 is 1.32 bits per heavy atom. The van der Waals surface area contributed by atoms with Gasteiger partial charge in [0.15, 0.2) is 5.82 Å². The number of ether oxygens (including phenoxy) is 5. The van der Waals surface area contributed by atoms with Crippen LogP contribution in [0.5, 0.6) is 5.88 Å². The van der Waals surface area contributed by atoms with Gasteiger partial charge in [0, 0.05) is 6.07 Å². The number of hydrogen-bond acceptors (Lipinski definition) is 11. The molecule has 0 aliphatic heterocycles. The lowest BCUT2D eigenvalue weighted by atomic mass is 10.2. The lowest BCUT2D eigenvalue weighted by Crippen LogP contribution is -2.46. The van der Waals surface area contributed by atoms with E-state index in [4.69, 9.17) is 23.7 Å². The van der Waals surface area contributed by atoms with Gasteiger partial charge in [0.2, 0.25) is 11.8 Å². The number of carbonyl (C=O) groups excluding carboxylic acids is 4. The van der Waals surface area contributed by atoms with Gasteiger partial charge in [0.25, 0.3) is 0 Å². The highest BCUT2D eigenvalue weighted by Gasteiger charge is 2.38. The quantitative estimate of drug-likeness (QED) is 0.268. The van der Waals surface area contributed by atoms with Crippen molar-refractivity contribution in [3.05, 3.63) is 18.2 Å². The summed E-state index contributed by atoms with van der Waals surface area (Å²) in [6.45, 7) is 24.7. The summed E-state index contributed by atoms with van der Waals surface area (Å²) in [6.07, 6.45) is -4.61. The monoisotopic (exact) mass is 580 g/mol. The van der Waals surface area contributed by atoms with E-state index in [-0.39, 0.29) is 12.5 Å². The molecule has 0 bridgehead atoms. The molecule has 0 saturated heterocycles. The second-order valence-corrected chi connectivity index (χ2v) is 13.2. The number of hydrogen-bond donors (Lipinski definition) is 0. The molecule has 0 N–H and O–H groups in total. The zero-order valence-electron chi connectivity index (χ0n) is 26.5. The lowest BCUT2D eigenvalue weighted by Gasteiger charge is -2.29. The van der Waals surface area contributed by atoms with Crippen LogP contribution in [0.15, 0.2) is 18.2 Å². The molecule has 41 heavy (non-hydrogen) atoms. The zero-order valence-corrected chi connectivity index (χ0v) is 26.5. The minimum absolute atomic E-state index is 0.0202. The Labute approximate surface area is 242 Å². The van der Waals surface area contributed by atoms with E-state index in [0.717, 1.165) is 6.07 Å². The minimum Gasteiger partial charge on any atom is -0.473 e. The minimum atomic E-state index is -1.17. The van der Waals surface area contributed by atoms with Gasteiger partial charge in [-0.2, -0.15) is 14.9 Å². The van der Waals surface area contributed by atoms with Crippen molar-refractivity contribution in [3.63, 3.8) is 0 Å². The third kappa shape index (κ3) is 12.9. The van der Waals surface area contributed by atoms with Crippen molar-refractivity contribution in [1.82, 2.24) is 9.97 Å². The smallest absolute Gasteiger partial charge is 0.427 e. The zero-order chi connectivity index (χ0) is 32.1. The number of carbonyl (C=O) groups is 4. The third-order valence-electron chi connectivity index (χ3n) is 3.88. The van der Waals surface area contributed by atoms with E-state index in [1.165, 1.54) is 0 Å². The molecule has 1 rings (SSSR count). The van der Waals surface area contributed by atoms with Crippen molar-refractivity contribution in [1.29, 1.82) is 0 Å². The average molecular weight is 581 g/mol. The van der Waals surface area contributed by atoms with E-state index in [0.29, 0.717) is 15.4 Å². The Kier molecular flexibility index (Phi) is 10.9. The van der Waals surface area contributed by atoms with Gasteiger partial charge in [-0.05, 0) is 95.6 Å². The van der Waals surface area contributed by atoms with Gasteiger partial charge in [-0.15, -0.1) is 4.90 Å². The molecule has 0 spiro atoms. The summed E-state index contributed by atoms with van der Waals surface area (Å²) in [4.78, 5) is 62.4. The van der Waals surface area contributed by atoms with Crippen LogP contribution >= 0.6 is 0 Å². The highest BCUT2D eigenvalue weighted by Crippen LogP contribution is 2.28. The van der Waals surface area contributed by atoms with Gasteiger partial charge in [0.05, 0.1) is 0 Å². The maximum absolute atomic E-state index is 13.3. The van der Waals surface area contributed by atoms with Crippen LogP contribution in [0.25, 0.3) is 0 Å². The van der Waals surface area contributed by atoms with E-state index in [1.54, 1.807) is 90.0 Å². The second-order valence-electron chi connectivity index (χ2n) is 13.2. The molecule has 0 aliphatic carbocycles. The molecule has 13 nitrogen and oxygen atoms in total. The predicted octanol–water partition coefficient (Wildman–Crippen LogP) is 6.78. The molecular weight excluding hydrogens is 536 g/mol. The van der Waals surface area contributed by atoms with Gasteiger partial charge in [0.1, 0.15) is 29.0 Å². The predicted molar refractivity (Wildman–Crippen MR) is 152 cm³/mol. The highest BCUT2D eigenvalue weighted by atomic mass is 16.6. The Balaban J connectivity index is 3.95. The Bertz CT molecular complexity index is 1020. The topological polar surface area (TPSA) is 147 Å². The van der Waals surface area contributed by atoms with Gasteiger partial charge < -0.3 is 23.7 Å². The summed E-state index contributed by atoms with van der Waals surface area (Å²) in [7, 11) is 0. The molecule has 0 radical (unpaired) electrons. The fourth-order valence-corrected chi connectivity index (χ4v) is 2.62. The fourth-order valence-electron chi connectivity index (χ4n) is 2.62. The molecular formula is C28H44N4O9. The van der Waals surface area contributed by atoms with Crippen molar-refractivity contribution in [3.8, 4) is 5.88 Å². The molecule has 4 amide bonds. The fraction of sp³-hybridized carbons (Fsp3) is 0.643. The molecule has 0 saturated carbocycles. The van der Waals surface area contributed by atoms with Crippen molar-refractivity contribution in [2.24, 2.45) is 0 Å². The molecule has 1 aromatic rings. The first-order valence-corrected chi connectivity index (χ1v) is 13.0. The van der Waals surface area contributed by atoms with Crippen LogP contribution in [0.1, 0.15) is 90.0 Å². The van der Waals surface area contributed by atoms with Crippen LogP contribution in [0.4, 0.5) is 30.9 Å². The number of imide groups is 2. The summed E-state index contributed by atoms with van der Waals surface area (Å²) >= 11 is 0. The van der Waals surface area contributed by atoms with E-state index in [9.17, 15) is 19.2 Å². The molecule has 0 fully saturated rings. The lowest BCUT2D eigenvalue weighted by molar-refractivity contribution is 0.0410. The van der Waals surface area contributed by atoms with Crippen molar-refractivity contribution < 1.29 is 42.9 Å². The van der Waals surface area contributed by atoms with Crippen LogP contribution in [0.3, 0.4) is 0 Å². The average Bonchev–Trinajstić information content (AvgIpc) is 2.66. The molecule has 1 aromatic heterocycles. The highest BCUT2D eigenvalue weighted by molar-refractivity contribution is 6.10. The summed E-state index contributed by atoms with van der Waals surface area (Å²) in [5.41, 5.74) is -3.45. The van der Waals surface area contributed by atoms with Crippen molar-refractivity contribution >= 4 is 36.1 Å². The largest absolute Gasteiger partial charge is 0.473 e. The van der Waals surface area contributed by atoms with Crippen molar-refractivity contribution in [2.45, 2.75) is 112 Å². The van der Waals surface area contributed by atoms with E-state index < -0.39 is 58.5 Å². The molecule has 0 unspecified atom stereocenters. The number of rotatable bonds is 5. The molecule has 230 valence electrons. The number of aromatic nitrogens is 2. The summed E-state index contributed by atoms with van der Waals surface area (Å²) in [6, 6.07) is 1.16. The standard InChI is InChI=1S/C28H44N4O9/c1-17(2)16-37-19-15-18(31(21(33)38-25(3,4)5)22(34)39-26(6,7)8)29-20(30-19)32(23(35)40-27(9,10)11)24(36)41-28(12,13)14/h15H,1,16H2,2-14H3. The molecule has 13 heteroatoms. The molecule has 0 atom stereocenters. The van der Waals surface area contributed by atoms with E-state index in [1.807, 2.05) is 0 Å². The molecule has 0 aromatic carbocycles. The first-order chi connectivity index (χ1) is 18.3. The van der Waals surface area contributed by atoms with Crippen LogP contribution < -0.4 is 14.5 Å². The number of amides is 4. The summed E-state index contributed by atoms with van der Waals surface area (Å²) in [5.74, 6) is -1.21. The Hall–Kier alpha value is -3.90. The summed E-state index contributed by atoms with van der Waals surface area (Å²) < 4.78 is 27.3. The molecule has 0 aliphatic rings. The summed E-state index contributed by atoms with van der Waals surface area (Å²) in [5, 5.41) is 0. The Morgan fingerprint density at radius 1 is 0.659 bits per heavy atom. The Morgan fingerprint density at radius 2 is 1.00 bits per heavy atom. The number of nitrogens with zero attached hydrogens (tertiary/aromatic N) is 4. The van der Waals surface area contributed by atoms with E-state index >= 15 is 0 Å². The van der Waals surface area contributed by atoms with Gasteiger partial charge in [-0.1, -0.05) is 6.58 Å².